The fourth-order valence-electron chi connectivity index (χ4n) is 3.77. The van der Waals surface area contributed by atoms with Crippen LogP contribution >= 0.6 is 7.60 Å². The van der Waals surface area contributed by atoms with Crippen LogP contribution in [0, 0.1) is 11.7 Å². The van der Waals surface area contributed by atoms with Gasteiger partial charge < -0.3 is 14.5 Å². The lowest BCUT2D eigenvalue weighted by molar-refractivity contribution is 0.290. The van der Waals surface area contributed by atoms with E-state index in [0.717, 1.165) is 24.3 Å². The average Bonchev–Trinajstić information content (AvgIpc) is 2.60. The van der Waals surface area contributed by atoms with Gasteiger partial charge >= 0.3 is 7.60 Å². The van der Waals surface area contributed by atoms with Crippen molar-refractivity contribution in [3.8, 4) is 5.75 Å². The van der Waals surface area contributed by atoms with Crippen LogP contribution in [0.2, 0.25) is 0 Å². The van der Waals surface area contributed by atoms with Gasteiger partial charge in [-0.25, -0.2) is 4.39 Å². The number of benzene rings is 1. The van der Waals surface area contributed by atoms with Gasteiger partial charge in [0.15, 0.2) is 11.6 Å². The fourth-order valence-corrected chi connectivity index (χ4v) is 4.40. The Balaban J connectivity index is 1.77. The number of rotatable bonds is 10. The van der Waals surface area contributed by atoms with Gasteiger partial charge in [-0.3, -0.25) is 4.57 Å². The Hall–Kier alpha value is -0.900. The molecule has 0 amide bonds. The van der Waals surface area contributed by atoms with Crippen LogP contribution in [0.1, 0.15) is 76.2 Å². The molecule has 0 aromatic heterocycles. The first kappa shape index (κ1) is 21.4. The predicted molar refractivity (Wildman–Crippen MR) is 102 cm³/mol. The Labute approximate surface area is 156 Å². The van der Waals surface area contributed by atoms with Crippen LogP contribution in [-0.4, -0.2) is 22.6 Å². The highest BCUT2D eigenvalue weighted by atomic mass is 31.2. The molecule has 0 unspecified atom stereocenters. The van der Waals surface area contributed by atoms with Crippen LogP contribution in [-0.2, 0) is 4.57 Å². The number of unbranched alkanes of at least 4 members (excludes halogenated alkanes) is 2. The Morgan fingerprint density at radius 2 is 1.88 bits per heavy atom. The van der Waals surface area contributed by atoms with Crippen molar-refractivity contribution in [3.05, 3.63) is 29.6 Å². The maximum absolute atomic E-state index is 14.3. The smallest absolute Gasteiger partial charge is 0.325 e. The van der Waals surface area contributed by atoms with Gasteiger partial charge in [0.05, 0.1) is 6.61 Å². The molecule has 0 atom stereocenters. The van der Waals surface area contributed by atoms with E-state index in [9.17, 15) is 8.96 Å². The van der Waals surface area contributed by atoms with Crippen molar-refractivity contribution in [2.45, 2.75) is 70.6 Å². The number of halogens is 1. The zero-order valence-electron chi connectivity index (χ0n) is 15.7. The van der Waals surface area contributed by atoms with E-state index in [2.05, 4.69) is 6.92 Å². The van der Waals surface area contributed by atoms with Gasteiger partial charge in [0.25, 0.3) is 0 Å². The molecule has 1 aliphatic rings. The van der Waals surface area contributed by atoms with Crippen molar-refractivity contribution in [3.63, 3.8) is 0 Å². The minimum absolute atomic E-state index is 0.154. The van der Waals surface area contributed by atoms with E-state index in [1.54, 1.807) is 12.1 Å². The quantitative estimate of drug-likeness (QED) is 0.404. The Kier molecular flexibility index (Phi) is 8.59. The van der Waals surface area contributed by atoms with Gasteiger partial charge in [-0.15, -0.1) is 0 Å². The summed E-state index contributed by atoms with van der Waals surface area (Å²) in [4.78, 5) is 17.6. The van der Waals surface area contributed by atoms with Gasteiger partial charge in [-0.1, -0.05) is 32.3 Å². The molecule has 0 spiro atoms. The van der Waals surface area contributed by atoms with Crippen LogP contribution in [0.15, 0.2) is 18.2 Å². The molecule has 0 bridgehead atoms. The molecule has 26 heavy (non-hydrogen) atoms. The molecule has 1 aromatic rings. The van der Waals surface area contributed by atoms with Gasteiger partial charge in [0.1, 0.15) is 0 Å². The van der Waals surface area contributed by atoms with E-state index < -0.39 is 7.60 Å². The summed E-state index contributed by atoms with van der Waals surface area (Å²) in [6.45, 7) is 2.49. The third-order valence-electron chi connectivity index (χ3n) is 5.34. The lowest BCUT2D eigenvalue weighted by Crippen LogP contribution is -2.13. The number of ether oxygens (including phenoxy) is 1. The van der Waals surface area contributed by atoms with E-state index in [1.807, 2.05) is 6.07 Å². The molecule has 1 saturated carbocycles. The SMILES string of the molecule is CCCCC1CCC(c2ccc(OCCCCP(=O)(O)O)c(F)c2)CC1. The standard InChI is InChI=1S/C20H32FO4P/c1-2-3-6-16-7-9-17(10-8-16)18-11-12-20(19(21)15-18)25-13-4-5-14-26(22,23)24/h11-12,15-17H,2-10,13-14H2,1H3,(H2,22,23,24). The van der Waals surface area contributed by atoms with Crippen LogP contribution in [0.5, 0.6) is 5.75 Å². The summed E-state index contributed by atoms with van der Waals surface area (Å²) >= 11 is 0. The minimum Gasteiger partial charge on any atom is -0.491 e. The summed E-state index contributed by atoms with van der Waals surface area (Å²) in [5, 5.41) is 0. The van der Waals surface area contributed by atoms with Crippen molar-refractivity contribution in [1.29, 1.82) is 0 Å². The number of hydrogen-bond donors (Lipinski definition) is 2. The Morgan fingerprint density at radius 3 is 2.50 bits per heavy atom. The molecule has 0 radical (unpaired) electrons. The van der Waals surface area contributed by atoms with E-state index in [4.69, 9.17) is 14.5 Å². The average molecular weight is 386 g/mol. The molecule has 2 rings (SSSR count). The van der Waals surface area contributed by atoms with E-state index in [-0.39, 0.29) is 24.3 Å². The summed E-state index contributed by atoms with van der Waals surface area (Å²) in [7, 11) is -3.95. The maximum Gasteiger partial charge on any atom is 0.325 e. The first-order chi connectivity index (χ1) is 12.4. The van der Waals surface area contributed by atoms with Crippen molar-refractivity contribution >= 4 is 7.60 Å². The normalized spacial score (nSPS) is 20.9. The van der Waals surface area contributed by atoms with Crippen molar-refractivity contribution in [2.24, 2.45) is 5.92 Å². The van der Waals surface area contributed by atoms with Crippen LogP contribution in [0.4, 0.5) is 4.39 Å². The molecule has 0 saturated heterocycles. The van der Waals surface area contributed by atoms with Crippen molar-refractivity contribution < 1.29 is 23.5 Å². The van der Waals surface area contributed by atoms with Gasteiger partial charge in [0.2, 0.25) is 0 Å². The van der Waals surface area contributed by atoms with Crippen molar-refractivity contribution in [1.82, 2.24) is 0 Å². The van der Waals surface area contributed by atoms with Crippen LogP contribution < -0.4 is 4.74 Å². The largest absolute Gasteiger partial charge is 0.491 e. The highest BCUT2D eigenvalue weighted by molar-refractivity contribution is 7.51. The first-order valence-corrected chi connectivity index (χ1v) is 11.7. The zero-order valence-corrected chi connectivity index (χ0v) is 16.6. The summed E-state index contributed by atoms with van der Waals surface area (Å²) < 4.78 is 30.5. The molecular weight excluding hydrogens is 354 g/mol. The van der Waals surface area contributed by atoms with Crippen LogP contribution in [0.3, 0.4) is 0 Å². The molecule has 1 aliphatic carbocycles. The van der Waals surface area contributed by atoms with Crippen LogP contribution in [0.25, 0.3) is 0 Å². The predicted octanol–water partition coefficient (Wildman–Crippen LogP) is 5.63. The third kappa shape index (κ3) is 7.38. The van der Waals surface area contributed by atoms with Gasteiger partial charge in [0, 0.05) is 6.16 Å². The topological polar surface area (TPSA) is 66.8 Å². The second-order valence-corrected chi connectivity index (χ2v) is 9.27. The van der Waals surface area contributed by atoms with Gasteiger partial charge in [-0.05, 0) is 68.1 Å². The maximum atomic E-state index is 14.3. The molecule has 6 heteroatoms. The molecule has 0 aliphatic heterocycles. The zero-order chi connectivity index (χ0) is 19.0. The highest BCUT2D eigenvalue weighted by Gasteiger charge is 2.22. The molecule has 1 aromatic carbocycles. The van der Waals surface area contributed by atoms with Gasteiger partial charge in [-0.2, -0.15) is 0 Å². The lowest BCUT2D eigenvalue weighted by atomic mass is 9.77. The highest BCUT2D eigenvalue weighted by Crippen LogP contribution is 2.38. The molecule has 148 valence electrons. The minimum atomic E-state index is -3.95. The summed E-state index contributed by atoms with van der Waals surface area (Å²) in [6, 6.07) is 5.25. The molecular formula is C20H32FO4P. The van der Waals surface area contributed by atoms with E-state index >= 15 is 0 Å². The second kappa shape index (κ2) is 10.4. The second-order valence-electron chi connectivity index (χ2n) is 7.49. The molecule has 0 heterocycles. The molecule has 2 N–H and O–H groups in total. The lowest BCUT2D eigenvalue weighted by Gasteiger charge is -2.29. The first-order valence-electron chi connectivity index (χ1n) is 9.86. The third-order valence-corrected chi connectivity index (χ3v) is 6.24. The van der Waals surface area contributed by atoms with E-state index in [0.29, 0.717) is 18.8 Å². The fraction of sp³-hybridized carbons (Fsp3) is 0.700. The summed E-state index contributed by atoms with van der Waals surface area (Å²) in [5.41, 5.74) is 1.06. The van der Waals surface area contributed by atoms with E-state index in [1.165, 1.54) is 32.1 Å². The summed E-state index contributed by atoms with van der Waals surface area (Å²) in [5.74, 6) is 1.17. The Morgan fingerprint density at radius 1 is 1.15 bits per heavy atom. The van der Waals surface area contributed by atoms with Crippen molar-refractivity contribution in [2.75, 3.05) is 12.8 Å². The molecule has 4 nitrogen and oxygen atoms in total. The summed E-state index contributed by atoms with van der Waals surface area (Å²) in [6.07, 6.45) is 9.35. The molecule has 1 fully saturated rings. The monoisotopic (exact) mass is 386 g/mol. The number of hydrogen-bond acceptors (Lipinski definition) is 2. The Bertz CT molecular complexity index is 593.